The first-order valence-electron chi connectivity index (χ1n) is 7.20. The molecule has 5 N–H and O–H groups in total. The van der Waals surface area contributed by atoms with Crippen molar-refractivity contribution in [1.82, 2.24) is 24.7 Å². The number of anilines is 1. The van der Waals surface area contributed by atoms with Gasteiger partial charge in [-0.2, -0.15) is 10.1 Å². The highest BCUT2D eigenvalue weighted by Crippen LogP contribution is 2.42. The van der Waals surface area contributed by atoms with Crippen molar-refractivity contribution in [2.45, 2.75) is 30.6 Å². The van der Waals surface area contributed by atoms with Crippen LogP contribution >= 0.6 is 11.6 Å². The first-order chi connectivity index (χ1) is 11.1. The molecule has 1 aliphatic carbocycles. The summed E-state index contributed by atoms with van der Waals surface area (Å²) < 4.78 is 1.80. The highest BCUT2D eigenvalue weighted by Gasteiger charge is 2.43. The Kier molecular flexibility index (Phi) is 3.26. The Bertz CT molecular complexity index is 848. The highest BCUT2D eigenvalue weighted by molar-refractivity contribution is 6.28. The lowest BCUT2D eigenvalue weighted by Crippen LogP contribution is -2.28. The van der Waals surface area contributed by atoms with Crippen LogP contribution in [-0.2, 0) is 0 Å². The van der Waals surface area contributed by atoms with E-state index in [1.54, 1.807) is 29.2 Å². The molecule has 0 radical (unpaired) electrons. The molecule has 0 spiro atoms. The van der Waals surface area contributed by atoms with Gasteiger partial charge >= 0.3 is 0 Å². The summed E-state index contributed by atoms with van der Waals surface area (Å²) in [6.07, 6.45) is 3.91. The first-order valence-corrected chi connectivity index (χ1v) is 7.58. The van der Waals surface area contributed by atoms with Gasteiger partial charge in [-0.3, -0.25) is 5.10 Å². The summed E-state index contributed by atoms with van der Waals surface area (Å²) in [7, 11) is 0. The van der Waals surface area contributed by atoms with Crippen molar-refractivity contribution in [3.8, 4) is 0 Å². The van der Waals surface area contributed by atoms with Crippen LogP contribution in [0.25, 0.3) is 11.0 Å². The number of nitrogens with one attached hydrogen (secondary N) is 1. The monoisotopic (exact) mass is 334 g/mol. The Morgan fingerprint density at radius 1 is 1.30 bits per heavy atom. The zero-order chi connectivity index (χ0) is 16.1. The summed E-state index contributed by atoms with van der Waals surface area (Å²) in [6, 6.07) is 1.44. The molecule has 3 aromatic rings. The van der Waals surface area contributed by atoms with E-state index in [-0.39, 0.29) is 23.1 Å². The Labute approximate surface area is 135 Å². The molecule has 0 saturated heterocycles. The number of aliphatic hydroxyl groups excluding tert-OH is 2. The van der Waals surface area contributed by atoms with Crippen molar-refractivity contribution in [3.05, 3.63) is 35.5 Å². The number of H-pyrrole nitrogens is 1. The Morgan fingerprint density at radius 2 is 2.13 bits per heavy atom. The summed E-state index contributed by atoms with van der Waals surface area (Å²) in [5.41, 5.74) is 7.27. The van der Waals surface area contributed by atoms with Gasteiger partial charge in [0, 0.05) is 18.3 Å². The molecule has 120 valence electrons. The van der Waals surface area contributed by atoms with Gasteiger partial charge in [0.2, 0.25) is 5.28 Å². The average Bonchev–Trinajstić information content (AvgIpc) is 3.21. The van der Waals surface area contributed by atoms with Crippen LogP contribution in [0.15, 0.2) is 24.7 Å². The fourth-order valence-electron chi connectivity index (χ4n) is 3.38. The molecule has 1 fully saturated rings. The van der Waals surface area contributed by atoms with E-state index in [9.17, 15) is 10.2 Å². The summed E-state index contributed by atoms with van der Waals surface area (Å²) in [5.74, 6) is 0.0824. The predicted molar refractivity (Wildman–Crippen MR) is 83.9 cm³/mol. The number of halogens is 1. The maximum absolute atomic E-state index is 10.5. The van der Waals surface area contributed by atoms with Crippen molar-refractivity contribution in [3.63, 3.8) is 0 Å². The van der Waals surface area contributed by atoms with Gasteiger partial charge in [-0.25, -0.2) is 4.98 Å². The van der Waals surface area contributed by atoms with Crippen LogP contribution < -0.4 is 5.73 Å². The minimum absolute atomic E-state index is 0.0503. The number of nitrogens with two attached hydrogens (primary N) is 1. The van der Waals surface area contributed by atoms with E-state index in [2.05, 4.69) is 20.2 Å². The minimum Gasteiger partial charge on any atom is -0.390 e. The lowest BCUT2D eigenvalue weighted by atomic mass is 9.99. The number of nitrogens with zero attached hydrogens (tertiary/aromatic N) is 4. The molecule has 0 aromatic carbocycles. The Morgan fingerprint density at radius 3 is 2.87 bits per heavy atom. The van der Waals surface area contributed by atoms with Crippen LogP contribution in [0.2, 0.25) is 5.28 Å². The van der Waals surface area contributed by atoms with E-state index < -0.39 is 12.2 Å². The van der Waals surface area contributed by atoms with Gasteiger partial charge in [0.15, 0.2) is 0 Å². The van der Waals surface area contributed by atoms with Crippen molar-refractivity contribution >= 4 is 28.5 Å². The van der Waals surface area contributed by atoms with Crippen LogP contribution in [0.5, 0.6) is 0 Å². The summed E-state index contributed by atoms with van der Waals surface area (Å²) in [5, 5.41) is 28.2. The van der Waals surface area contributed by atoms with Crippen molar-refractivity contribution in [1.29, 1.82) is 0 Å². The smallest absolute Gasteiger partial charge is 0.226 e. The topological polar surface area (TPSA) is 126 Å². The van der Waals surface area contributed by atoms with Gasteiger partial charge in [-0.05, 0) is 29.7 Å². The molecule has 3 heterocycles. The molecular weight excluding hydrogens is 320 g/mol. The molecule has 0 aliphatic heterocycles. The first kappa shape index (κ1) is 14.4. The highest BCUT2D eigenvalue weighted by atomic mass is 35.5. The number of nitrogen functional groups attached to an aromatic ring is 1. The van der Waals surface area contributed by atoms with Crippen LogP contribution in [-0.4, -0.2) is 47.2 Å². The maximum Gasteiger partial charge on any atom is 0.226 e. The second-order valence-corrected chi connectivity index (χ2v) is 6.10. The molecular formula is C14H15ClN6O2. The molecule has 4 rings (SSSR count). The van der Waals surface area contributed by atoms with Crippen LogP contribution in [0.4, 0.5) is 5.82 Å². The van der Waals surface area contributed by atoms with E-state index in [0.717, 1.165) is 5.56 Å². The normalized spacial score (nSPS) is 27.8. The second kappa shape index (κ2) is 5.19. The predicted octanol–water partition coefficient (Wildman–Crippen LogP) is 0.840. The van der Waals surface area contributed by atoms with Crippen molar-refractivity contribution < 1.29 is 10.2 Å². The fourth-order valence-corrected chi connectivity index (χ4v) is 3.55. The number of aliphatic hydroxyl groups is 2. The number of rotatable bonds is 2. The van der Waals surface area contributed by atoms with Crippen molar-refractivity contribution in [2.75, 3.05) is 5.73 Å². The molecule has 0 unspecified atom stereocenters. The average molecular weight is 335 g/mol. The molecule has 1 aliphatic rings. The van der Waals surface area contributed by atoms with E-state index >= 15 is 0 Å². The van der Waals surface area contributed by atoms with E-state index in [1.807, 2.05) is 0 Å². The van der Waals surface area contributed by atoms with Crippen molar-refractivity contribution in [2.24, 2.45) is 0 Å². The Balaban J connectivity index is 1.76. The van der Waals surface area contributed by atoms with Crippen LogP contribution in [0, 0.1) is 0 Å². The van der Waals surface area contributed by atoms with Gasteiger partial charge in [-0.15, -0.1) is 0 Å². The zero-order valence-corrected chi connectivity index (χ0v) is 12.7. The largest absolute Gasteiger partial charge is 0.390 e. The standard InChI is InChI=1S/C14H15ClN6O2/c15-14-19-12(16)7-1-2-21(13(7)20-14)9-3-8(10(22)11(9)23)6-4-17-18-5-6/h1-2,4-5,8-11,22-23H,3H2,(H,17,18)(H2,16,19,20)/t8-,9-,10-,11+/m1/s1. The van der Waals surface area contributed by atoms with Gasteiger partial charge in [-0.1, -0.05) is 0 Å². The summed E-state index contributed by atoms with van der Waals surface area (Å²) in [4.78, 5) is 8.14. The SMILES string of the molecule is Nc1nc(Cl)nc2c1ccn2[C@@H]1C[C@H](c2cn[nH]c2)[C@@H](O)[C@H]1O. The molecule has 3 aromatic heterocycles. The number of aromatic amines is 1. The molecule has 4 atom stereocenters. The number of fused-ring (bicyclic) bond motifs is 1. The third-order valence-corrected chi connectivity index (χ3v) is 4.70. The molecule has 23 heavy (non-hydrogen) atoms. The van der Waals surface area contributed by atoms with Crippen LogP contribution in [0.1, 0.15) is 23.9 Å². The molecule has 0 bridgehead atoms. The fraction of sp³-hybridized carbons (Fsp3) is 0.357. The van der Waals surface area contributed by atoms with Gasteiger partial charge in [0.1, 0.15) is 17.6 Å². The summed E-state index contributed by atoms with van der Waals surface area (Å²) >= 11 is 5.89. The van der Waals surface area contributed by atoms with Gasteiger partial charge in [0.25, 0.3) is 0 Å². The maximum atomic E-state index is 10.5. The summed E-state index contributed by atoms with van der Waals surface area (Å²) in [6.45, 7) is 0. The quantitative estimate of drug-likeness (QED) is 0.514. The third kappa shape index (κ3) is 2.18. The van der Waals surface area contributed by atoms with Crippen LogP contribution in [0.3, 0.4) is 0 Å². The third-order valence-electron chi connectivity index (χ3n) is 4.53. The van der Waals surface area contributed by atoms with E-state index in [1.165, 1.54) is 0 Å². The molecule has 8 nitrogen and oxygen atoms in total. The lowest BCUT2D eigenvalue weighted by Gasteiger charge is -2.19. The van der Waals surface area contributed by atoms with E-state index in [4.69, 9.17) is 17.3 Å². The lowest BCUT2D eigenvalue weighted by molar-refractivity contribution is 0.0179. The molecule has 9 heteroatoms. The number of hydrogen-bond acceptors (Lipinski definition) is 6. The zero-order valence-electron chi connectivity index (χ0n) is 12.0. The Hall–Kier alpha value is -2.16. The molecule has 1 saturated carbocycles. The van der Waals surface area contributed by atoms with Gasteiger partial charge < -0.3 is 20.5 Å². The minimum atomic E-state index is -0.930. The van der Waals surface area contributed by atoms with Gasteiger partial charge in [0.05, 0.1) is 23.7 Å². The number of hydrogen-bond donors (Lipinski definition) is 4. The van der Waals surface area contributed by atoms with E-state index in [0.29, 0.717) is 17.5 Å². The number of aromatic nitrogens is 5. The molecule has 0 amide bonds. The second-order valence-electron chi connectivity index (χ2n) is 5.76.